The first-order chi connectivity index (χ1) is 9.76. The van der Waals surface area contributed by atoms with Gasteiger partial charge in [-0.25, -0.2) is 0 Å². The van der Waals surface area contributed by atoms with Gasteiger partial charge in [0, 0.05) is 37.8 Å². The monoisotopic (exact) mass is 267 g/mol. The number of carbonyl (C=O) groups is 1. The molecule has 0 radical (unpaired) electrons. The highest BCUT2D eigenvalue weighted by Gasteiger charge is 2.26. The van der Waals surface area contributed by atoms with Crippen LogP contribution >= 0.6 is 0 Å². The molecule has 1 aromatic carbocycles. The third-order valence-electron chi connectivity index (χ3n) is 3.78. The summed E-state index contributed by atoms with van der Waals surface area (Å²) in [6.07, 6.45) is 6.73. The van der Waals surface area contributed by atoms with E-state index in [1.54, 1.807) is 12.4 Å². The molecule has 1 atom stereocenters. The van der Waals surface area contributed by atoms with Crippen LogP contribution in [0.25, 0.3) is 11.0 Å². The number of benzene rings is 1. The van der Waals surface area contributed by atoms with Gasteiger partial charge in [0.25, 0.3) is 0 Å². The summed E-state index contributed by atoms with van der Waals surface area (Å²) in [5.74, 6) is 0.542. The minimum atomic E-state index is 0.232. The first-order valence-corrected chi connectivity index (χ1v) is 6.86. The normalized spacial score (nSPS) is 18.7. The number of hydrogen-bond donors (Lipinski definition) is 0. The number of fused-ring (bicyclic) bond motifs is 1. The molecule has 2 aromatic rings. The van der Waals surface area contributed by atoms with Crippen LogP contribution in [0.15, 0.2) is 43.2 Å². The van der Waals surface area contributed by atoms with Crippen molar-refractivity contribution in [2.45, 2.75) is 12.8 Å². The minimum absolute atomic E-state index is 0.232. The number of nitrogens with zero attached hydrogens (tertiary/aromatic N) is 3. The molecule has 1 fully saturated rings. The highest BCUT2D eigenvalue weighted by atomic mass is 16.2. The van der Waals surface area contributed by atoms with Crippen LogP contribution in [-0.2, 0) is 11.2 Å². The summed E-state index contributed by atoms with van der Waals surface area (Å²) in [6, 6.07) is 6.09. The number of likely N-dealkylation sites (tertiary alicyclic amines) is 1. The maximum Gasteiger partial charge on any atom is 0.223 e. The largest absolute Gasteiger partial charge is 0.342 e. The number of carbonyl (C=O) groups excluding carboxylic acids is 1. The molecule has 1 aliphatic rings. The van der Waals surface area contributed by atoms with Gasteiger partial charge in [-0.2, -0.15) is 0 Å². The molecule has 4 heteroatoms. The van der Waals surface area contributed by atoms with E-state index >= 15 is 0 Å². The van der Waals surface area contributed by atoms with Crippen molar-refractivity contribution in [3.8, 4) is 0 Å². The molecule has 0 aliphatic carbocycles. The average molecular weight is 267 g/mol. The summed E-state index contributed by atoms with van der Waals surface area (Å²) >= 11 is 0. The third kappa shape index (κ3) is 2.54. The molecule has 1 aromatic heterocycles. The van der Waals surface area contributed by atoms with Crippen LogP contribution in [0.5, 0.6) is 0 Å². The predicted molar refractivity (Wildman–Crippen MR) is 78.1 cm³/mol. The Morgan fingerprint density at radius 2 is 2.10 bits per heavy atom. The van der Waals surface area contributed by atoms with E-state index in [9.17, 15) is 4.79 Å². The molecular formula is C16H17N3O. The van der Waals surface area contributed by atoms with E-state index in [4.69, 9.17) is 0 Å². The quantitative estimate of drug-likeness (QED) is 0.798. The lowest BCUT2D eigenvalue weighted by Gasteiger charge is -2.16. The SMILES string of the molecule is C=CC1CC(=O)N(CCc2ccc3nccnc3c2)C1. The van der Waals surface area contributed by atoms with Gasteiger partial charge in [-0.15, -0.1) is 6.58 Å². The Kier molecular flexibility index (Phi) is 3.46. The van der Waals surface area contributed by atoms with Crippen LogP contribution in [0.4, 0.5) is 0 Å². The molecule has 1 amide bonds. The second-order valence-corrected chi connectivity index (χ2v) is 5.17. The van der Waals surface area contributed by atoms with Crippen molar-refractivity contribution in [1.29, 1.82) is 0 Å². The molecule has 3 rings (SSSR count). The molecule has 1 aliphatic heterocycles. The van der Waals surface area contributed by atoms with Gasteiger partial charge < -0.3 is 4.90 Å². The van der Waals surface area contributed by atoms with Crippen molar-refractivity contribution in [3.63, 3.8) is 0 Å². The number of amides is 1. The maximum absolute atomic E-state index is 11.8. The first-order valence-electron chi connectivity index (χ1n) is 6.86. The molecule has 20 heavy (non-hydrogen) atoms. The van der Waals surface area contributed by atoms with Crippen LogP contribution in [0.1, 0.15) is 12.0 Å². The van der Waals surface area contributed by atoms with Crippen LogP contribution < -0.4 is 0 Å². The Bertz CT molecular complexity index is 653. The summed E-state index contributed by atoms with van der Waals surface area (Å²) in [4.78, 5) is 22.3. The molecule has 4 nitrogen and oxygen atoms in total. The number of aromatic nitrogens is 2. The topological polar surface area (TPSA) is 46.1 Å². The lowest BCUT2D eigenvalue weighted by Crippen LogP contribution is -2.27. The van der Waals surface area contributed by atoms with E-state index in [1.165, 1.54) is 5.56 Å². The summed E-state index contributed by atoms with van der Waals surface area (Å²) in [5, 5.41) is 0. The maximum atomic E-state index is 11.8. The predicted octanol–water partition coefficient (Wildman–Crippen LogP) is 2.21. The fourth-order valence-electron chi connectivity index (χ4n) is 2.61. The van der Waals surface area contributed by atoms with Gasteiger partial charge in [0.15, 0.2) is 0 Å². The van der Waals surface area contributed by atoms with Crippen LogP contribution in [-0.4, -0.2) is 33.9 Å². The summed E-state index contributed by atoms with van der Waals surface area (Å²) in [5.41, 5.74) is 3.00. The average Bonchev–Trinajstić information content (AvgIpc) is 2.85. The van der Waals surface area contributed by atoms with Gasteiger partial charge in [-0.3, -0.25) is 14.8 Å². The Morgan fingerprint density at radius 3 is 2.85 bits per heavy atom. The van der Waals surface area contributed by atoms with Gasteiger partial charge in [-0.05, 0) is 24.1 Å². The molecule has 0 saturated carbocycles. The van der Waals surface area contributed by atoms with Gasteiger partial charge in [0.2, 0.25) is 5.91 Å². The molecular weight excluding hydrogens is 250 g/mol. The second kappa shape index (κ2) is 5.41. The fraction of sp³-hybridized carbons (Fsp3) is 0.312. The summed E-state index contributed by atoms with van der Waals surface area (Å²) in [7, 11) is 0. The van der Waals surface area contributed by atoms with Crippen molar-refractivity contribution in [2.75, 3.05) is 13.1 Å². The Balaban J connectivity index is 1.68. The molecule has 0 bridgehead atoms. The molecule has 0 spiro atoms. The van der Waals surface area contributed by atoms with Gasteiger partial charge in [-0.1, -0.05) is 12.1 Å². The Morgan fingerprint density at radius 1 is 1.30 bits per heavy atom. The van der Waals surface area contributed by atoms with Crippen LogP contribution in [0.3, 0.4) is 0 Å². The lowest BCUT2D eigenvalue weighted by molar-refractivity contribution is -0.127. The van der Waals surface area contributed by atoms with Crippen LogP contribution in [0, 0.1) is 5.92 Å². The van der Waals surface area contributed by atoms with Crippen molar-refractivity contribution in [1.82, 2.24) is 14.9 Å². The van der Waals surface area contributed by atoms with Crippen molar-refractivity contribution < 1.29 is 4.79 Å². The van der Waals surface area contributed by atoms with E-state index in [2.05, 4.69) is 22.6 Å². The standard InChI is InChI=1S/C16H17N3O/c1-2-12-10-16(20)19(11-12)8-5-13-3-4-14-15(9-13)18-7-6-17-14/h2-4,6-7,9,12H,1,5,8,10-11H2. The second-order valence-electron chi connectivity index (χ2n) is 5.17. The highest BCUT2D eigenvalue weighted by Crippen LogP contribution is 2.19. The summed E-state index contributed by atoms with van der Waals surface area (Å²) in [6.45, 7) is 5.33. The molecule has 1 saturated heterocycles. The zero-order chi connectivity index (χ0) is 13.9. The molecule has 1 unspecified atom stereocenters. The molecule has 102 valence electrons. The van der Waals surface area contributed by atoms with Gasteiger partial charge in [0.1, 0.15) is 0 Å². The van der Waals surface area contributed by atoms with Gasteiger partial charge in [0.05, 0.1) is 11.0 Å². The summed E-state index contributed by atoms with van der Waals surface area (Å²) < 4.78 is 0. The minimum Gasteiger partial charge on any atom is -0.342 e. The smallest absolute Gasteiger partial charge is 0.223 e. The first kappa shape index (κ1) is 12.8. The van der Waals surface area contributed by atoms with E-state index in [0.717, 1.165) is 30.5 Å². The van der Waals surface area contributed by atoms with E-state index in [0.29, 0.717) is 12.3 Å². The fourth-order valence-corrected chi connectivity index (χ4v) is 2.61. The highest BCUT2D eigenvalue weighted by molar-refractivity contribution is 5.79. The third-order valence-corrected chi connectivity index (χ3v) is 3.78. The van der Waals surface area contributed by atoms with Crippen molar-refractivity contribution in [3.05, 3.63) is 48.8 Å². The van der Waals surface area contributed by atoms with Crippen LogP contribution in [0.2, 0.25) is 0 Å². The Labute approximate surface area is 118 Å². The zero-order valence-electron chi connectivity index (χ0n) is 11.3. The lowest BCUT2D eigenvalue weighted by atomic mass is 10.1. The van der Waals surface area contributed by atoms with E-state index < -0.39 is 0 Å². The van der Waals surface area contributed by atoms with E-state index in [-0.39, 0.29) is 5.91 Å². The Hall–Kier alpha value is -2.23. The molecule has 0 N–H and O–H groups in total. The molecule has 2 heterocycles. The van der Waals surface area contributed by atoms with Gasteiger partial charge >= 0.3 is 0 Å². The number of hydrogen-bond acceptors (Lipinski definition) is 3. The van der Waals surface area contributed by atoms with E-state index in [1.807, 2.05) is 23.1 Å². The van der Waals surface area contributed by atoms with Crippen molar-refractivity contribution >= 4 is 16.9 Å². The number of rotatable bonds is 4. The van der Waals surface area contributed by atoms with Crippen molar-refractivity contribution in [2.24, 2.45) is 5.92 Å². The zero-order valence-corrected chi connectivity index (χ0v) is 11.3.